The number of hydrogen-bond donors (Lipinski definition) is 1. The zero-order valence-electron chi connectivity index (χ0n) is 9.52. The average Bonchev–Trinajstić information content (AvgIpc) is 2.76. The number of anilines is 1. The van der Waals surface area contributed by atoms with Gasteiger partial charge in [0, 0.05) is 31.3 Å². The Morgan fingerprint density at radius 3 is 2.94 bits per heavy atom. The topological polar surface area (TPSA) is 58.4 Å². The maximum atomic E-state index is 13.2. The van der Waals surface area contributed by atoms with E-state index in [0.717, 1.165) is 12.5 Å². The average molecular weight is 239 g/mol. The summed E-state index contributed by atoms with van der Waals surface area (Å²) in [6.45, 7) is 1.37. The lowest BCUT2D eigenvalue weighted by atomic mass is 10.2. The van der Waals surface area contributed by atoms with E-state index in [4.69, 9.17) is 0 Å². The van der Waals surface area contributed by atoms with Crippen molar-refractivity contribution in [1.82, 2.24) is 5.32 Å². The van der Waals surface area contributed by atoms with Crippen molar-refractivity contribution in [2.24, 2.45) is 0 Å². The predicted octanol–water partition coefficient (Wildman–Crippen LogP) is 1.53. The maximum Gasteiger partial charge on any atom is 0.292 e. The summed E-state index contributed by atoms with van der Waals surface area (Å²) in [5.41, 5.74) is 0.330. The van der Waals surface area contributed by atoms with Gasteiger partial charge in [-0.3, -0.25) is 10.1 Å². The van der Waals surface area contributed by atoms with Crippen molar-refractivity contribution in [3.05, 3.63) is 34.1 Å². The van der Waals surface area contributed by atoms with Gasteiger partial charge in [0.05, 0.1) is 4.92 Å². The van der Waals surface area contributed by atoms with E-state index in [9.17, 15) is 14.5 Å². The first-order valence-corrected chi connectivity index (χ1v) is 5.48. The molecular weight excluding hydrogens is 225 g/mol. The largest absolute Gasteiger partial charge is 0.364 e. The van der Waals surface area contributed by atoms with Gasteiger partial charge in [0.2, 0.25) is 0 Å². The Kier molecular flexibility index (Phi) is 3.23. The van der Waals surface area contributed by atoms with Crippen molar-refractivity contribution in [3.8, 4) is 0 Å². The number of likely N-dealkylation sites (N-methyl/N-ethyl adjacent to an activating group) is 1. The molecule has 1 N–H and O–H groups in total. The minimum atomic E-state index is -0.471. The molecule has 0 amide bonds. The first-order valence-electron chi connectivity index (χ1n) is 5.48. The van der Waals surface area contributed by atoms with Gasteiger partial charge < -0.3 is 10.2 Å². The van der Waals surface area contributed by atoms with Crippen LogP contribution in [-0.4, -0.2) is 31.1 Å². The molecule has 1 heterocycles. The number of nitro groups is 1. The van der Waals surface area contributed by atoms with Gasteiger partial charge in [-0.25, -0.2) is 4.39 Å². The van der Waals surface area contributed by atoms with Gasteiger partial charge in [0.25, 0.3) is 5.69 Å². The first kappa shape index (κ1) is 11.8. The predicted molar refractivity (Wildman–Crippen MR) is 62.7 cm³/mol. The molecular formula is C11H14FN3O2. The molecule has 6 heteroatoms. The zero-order valence-corrected chi connectivity index (χ0v) is 9.52. The van der Waals surface area contributed by atoms with E-state index in [2.05, 4.69) is 5.32 Å². The highest BCUT2D eigenvalue weighted by atomic mass is 19.1. The standard InChI is InChI=1S/C11H14FN3O2/c1-13-9-4-5-14(7-9)11-6-8(12)2-3-10(11)15(16)17/h2-3,6,9,13H,4-5,7H2,1H3. The number of nitrogens with one attached hydrogen (secondary N) is 1. The van der Waals surface area contributed by atoms with Gasteiger partial charge in [-0.1, -0.05) is 0 Å². The van der Waals surface area contributed by atoms with Crippen molar-refractivity contribution >= 4 is 11.4 Å². The normalized spacial score (nSPS) is 19.6. The fraction of sp³-hybridized carbons (Fsp3) is 0.455. The summed E-state index contributed by atoms with van der Waals surface area (Å²) in [6.07, 6.45) is 0.907. The van der Waals surface area contributed by atoms with E-state index in [0.29, 0.717) is 24.8 Å². The fourth-order valence-corrected chi connectivity index (χ4v) is 2.12. The summed E-state index contributed by atoms with van der Waals surface area (Å²) < 4.78 is 13.2. The van der Waals surface area contributed by atoms with Crippen LogP contribution in [0.4, 0.5) is 15.8 Å². The van der Waals surface area contributed by atoms with Gasteiger partial charge in [0.1, 0.15) is 11.5 Å². The van der Waals surface area contributed by atoms with Gasteiger partial charge in [0.15, 0.2) is 0 Å². The number of nitrogens with zero attached hydrogens (tertiary/aromatic N) is 2. The lowest BCUT2D eigenvalue weighted by molar-refractivity contribution is -0.384. The molecule has 0 radical (unpaired) electrons. The van der Waals surface area contributed by atoms with Crippen LogP contribution in [-0.2, 0) is 0 Å². The van der Waals surface area contributed by atoms with E-state index in [1.165, 1.54) is 12.1 Å². The van der Waals surface area contributed by atoms with Crippen LogP contribution >= 0.6 is 0 Å². The number of rotatable bonds is 3. The number of hydrogen-bond acceptors (Lipinski definition) is 4. The molecule has 0 saturated carbocycles. The van der Waals surface area contributed by atoms with Crippen LogP contribution < -0.4 is 10.2 Å². The molecule has 0 aliphatic carbocycles. The third kappa shape index (κ3) is 2.36. The summed E-state index contributed by atoms with van der Waals surface area (Å²) >= 11 is 0. The van der Waals surface area contributed by atoms with Crippen LogP contribution in [0.25, 0.3) is 0 Å². The van der Waals surface area contributed by atoms with Gasteiger partial charge >= 0.3 is 0 Å². The van der Waals surface area contributed by atoms with Gasteiger partial charge in [-0.05, 0) is 19.5 Å². The number of nitro benzene ring substituents is 1. The molecule has 1 aliphatic heterocycles. The molecule has 2 rings (SSSR count). The van der Waals surface area contributed by atoms with Crippen molar-refractivity contribution in [3.63, 3.8) is 0 Å². The fourth-order valence-electron chi connectivity index (χ4n) is 2.12. The van der Waals surface area contributed by atoms with E-state index >= 15 is 0 Å². The van der Waals surface area contributed by atoms with Crippen molar-refractivity contribution in [1.29, 1.82) is 0 Å². The third-order valence-electron chi connectivity index (χ3n) is 3.07. The summed E-state index contributed by atoms with van der Waals surface area (Å²) in [5.74, 6) is -0.446. The highest BCUT2D eigenvalue weighted by molar-refractivity contribution is 5.63. The molecule has 1 aliphatic rings. The summed E-state index contributed by atoms with van der Waals surface area (Å²) in [6, 6.07) is 3.87. The van der Waals surface area contributed by atoms with Gasteiger partial charge in [-0.15, -0.1) is 0 Å². The smallest absolute Gasteiger partial charge is 0.292 e. The van der Waals surface area contributed by atoms with Crippen molar-refractivity contribution in [2.75, 3.05) is 25.0 Å². The van der Waals surface area contributed by atoms with Crippen molar-refractivity contribution in [2.45, 2.75) is 12.5 Å². The molecule has 1 fully saturated rings. The van der Waals surface area contributed by atoms with Crippen molar-refractivity contribution < 1.29 is 9.31 Å². The van der Waals surface area contributed by atoms with Crippen LogP contribution in [0.1, 0.15) is 6.42 Å². The second-order valence-electron chi connectivity index (χ2n) is 4.11. The van der Waals surface area contributed by atoms with Crippen LogP contribution in [0, 0.1) is 15.9 Å². The zero-order chi connectivity index (χ0) is 12.4. The second-order valence-corrected chi connectivity index (χ2v) is 4.11. The van der Waals surface area contributed by atoms with E-state index < -0.39 is 10.7 Å². The lowest BCUT2D eigenvalue weighted by Gasteiger charge is -2.18. The molecule has 1 atom stereocenters. The SMILES string of the molecule is CNC1CCN(c2cc(F)ccc2[N+](=O)[O-])C1. The Labute approximate surface area is 98.4 Å². The van der Waals surface area contributed by atoms with E-state index in [-0.39, 0.29) is 5.69 Å². The van der Waals surface area contributed by atoms with Gasteiger partial charge in [-0.2, -0.15) is 0 Å². The summed E-state index contributed by atoms with van der Waals surface area (Å²) in [7, 11) is 1.86. The molecule has 17 heavy (non-hydrogen) atoms. The molecule has 92 valence electrons. The Balaban J connectivity index is 2.31. The van der Waals surface area contributed by atoms with Crippen LogP contribution in [0.15, 0.2) is 18.2 Å². The first-order chi connectivity index (χ1) is 8.11. The van der Waals surface area contributed by atoms with Crippen LogP contribution in [0.5, 0.6) is 0 Å². The number of halogens is 1. The monoisotopic (exact) mass is 239 g/mol. The summed E-state index contributed by atoms with van der Waals surface area (Å²) in [4.78, 5) is 12.3. The molecule has 1 aromatic carbocycles. The molecule has 1 aromatic rings. The number of benzene rings is 1. The summed E-state index contributed by atoms with van der Waals surface area (Å²) in [5, 5.41) is 14.0. The molecule has 1 unspecified atom stereocenters. The molecule has 1 saturated heterocycles. The Morgan fingerprint density at radius 1 is 1.59 bits per heavy atom. The molecule has 0 bridgehead atoms. The quantitative estimate of drug-likeness (QED) is 0.642. The van der Waals surface area contributed by atoms with E-state index in [1.807, 2.05) is 11.9 Å². The Hall–Kier alpha value is -1.69. The third-order valence-corrected chi connectivity index (χ3v) is 3.07. The van der Waals surface area contributed by atoms with Crippen LogP contribution in [0.3, 0.4) is 0 Å². The second kappa shape index (κ2) is 4.67. The highest BCUT2D eigenvalue weighted by Gasteiger charge is 2.27. The van der Waals surface area contributed by atoms with Crippen LogP contribution in [0.2, 0.25) is 0 Å². The molecule has 0 spiro atoms. The Morgan fingerprint density at radius 2 is 2.35 bits per heavy atom. The van der Waals surface area contributed by atoms with E-state index in [1.54, 1.807) is 0 Å². The lowest BCUT2D eigenvalue weighted by Crippen LogP contribution is -2.29. The maximum absolute atomic E-state index is 13.2. The highest BCUT2D eigenvalue weighted by Crippen LogP contribution is 2.31. The molecule has 5 nitrogen and oxygen atoms in total. The minimum absolute atomic E-state index is 0.0387. The Bertz CT molecular complexity index is 439. The minimum Gasteiger partial charge on any atom is -0.364 e. The molecule has 0 aromatic heterocycles.